The van der Waals surface area contributed by atoms with Crippen LogP contribution in [0.4, 0.5) is 11.5 Å². The summed E-state index contributed by atoms with van der Waals surface area (Å²) < 4.78 is 0. The summed E-state index contributed by atoms with van der Waals surface area (Å²) in [6.07, 6.45) is 0. The number of benzene rings is 1. The molecule has 1 aromatic heterocycles. The van der Waals surface area contributed by atoms with E-state index in [9.17, 15) is 0 Å². The molecule has 1 heterocycles. The van der Waals surface area contributed by atoms with Crippen LogP contribution >= 0.6 is 0 Å². The van der Waals surface area contributed by atoms with Crippen LogP contribution in [0.1, 0.15) is 22.4 Å². The first-order chi connectivity index (χ1) is 9.51. The number of nitrogens with one attached hydrogen (secondary N) is 1. The van der Waals surface area contributed by atoms with Crippen LogP contribution in [0.25, 0.3) is 0 Å². The van der Waals surface area contributed by atoms with Gasteiger partial charge in [0.1, 0.15) is 5.82 Å². The van der Waals surface area contributed by atoms with Crippen molar-refractivity contribution in [3.63, 3.8) is 0 Å². The molecule has 0 saturated carbocycles. The average molecular weight is 269 g/mol. The SMILES string of the molecule is CNCc1ccc(N(C)c2cc(C)cc(C)c2)nc1C. The molecule has 106 valence electrons. The standard InChI is InChI=1S/C17H23N3/c1-12-8-13(2)10-16(9-12)20(5)17-7-6-15(11-18-4)14(3)19-17/h6-10,18H,11H2,1-5H3. The van der Waals surface area contributed by atoms with Gasteiger partial charge in [0.25, 0.3) is 0 Å². The van der Waals surface area contributed by atoms with Crippen LogP contribution in [-0.2, 0) is 6.54 Å². The smallest absolute Gasteiger partial charge is 0.132 e. The monoisotopic (exact) mass is 269 g/mol. The highest BCUT2D eigenvalue weighted by molar-refractivity contribution is 5.61. The van der Waals surface area contributed by atoms with Crippen molar-refractivity contribution in [2.24, 2.45) is 0 Å². The third-order valence-corrected chi connectivity index (χ3v) is 3.49. The molecule has 0 aliphatic carbocycles. The lowest BCUT2D eigenvalue weighted by atomic mass is 10.1. The summed E-state index contributed by atoms with van der Waals surface area (Å²) in [7, 11) is 4.02. The van der Waals surface area contributed by atoms with E-state index in [2.05, 4.69) is 68.4 Å². The van der Waals surface area contributed by atoms with E-state index in [0.29, 0.717) is 0 Å². The van der Waals surface area contributed by atoms with Gasteiger partial charge in [-0.2, -0.15) is 0 Å². The van der Waals surface area contributed by atoms with Crippen molar-refractivity contribution < 1.29 is 0 Å². The fraction of sp³-hybridized carbons (Fsp3) is 0.353. The molecule has 0 unspecified atom stereocenters. The van der Waals surface area contributed by atoms with Crippen LogP contribution in [0.2, 0.25) is 0 Å². The molecule has 20 heavy (non-hydrogen) atoms. The molecule has 3 nitrogen and oxygen atoms in total. The van der Waals surface area contributed by atoms with E-state index in [1.807, 2.05) is 7.05 Å². The highest BCUT2D eigenvalue weighted by atomic mass is 15.2. The molecule has 0 spiro atoms. The number of hydrogen-bond donors (Lipinski definition) is 1. The fourth-order valence-electron chi connectivity index (χ4n) is 2.42. The highest BCUT2D eigenvalue weighted by Crippen LogP contribution is 2.25. The van der Waals surface area contributed by atoms with E-state index in [-0.39, 0.29) is 0 Å². The molecule has 0 amide bonds. The van der Waals surface area contributed by atoms with Crippen molar-refractivity contribution >= 4 is 11.5 Å². The normalized spacial score (nSPS) is 10.7. The van der Waals surface area contributed by atoms with Crippen molar-refractivity contribution in [1.82, 2.24) is 10.3 Å². The summed E-state index contributed by atoms with van der Waals surface area (Å²) in [5.41, 5.74) is 6.04. The molecule has 1 aromatic carbocycles. The van der Waals surface area contributed by atoms with Crippen molar-refractivity contribution in [2.45, 2.75) is 27.3 Å². The molecule has 0 aliphatic heterocycles. The molecule has 0 radical (unpaired) electrons. The lowest BCUT2D eigenvalue weighted by Gasteiger charge is -2.20. The molecule has 0 aliphatic rings. The summed E-state index contributed by atoms with van der Waals surface area (Å²) in [5.74, 6) is 0.979. The Bertz CT molecular complexity index is 585. The quantitative estimate of drug-likeness (QED) is 0.921. The number of nitrogens with zero attached hydrogens (tertiary/aromatic N) is 2. The van der Waals surface area contributed by atoms with Crippen molar-refractivity contribution in [3.8, 4) is 0 Å². The second-order valence-electron chi connectivity index (χ2n) is 5.35. The molecular formula is C17H23N3. The number of hydrogen-bond acceptors (Lipinski definition) is 3. The Balaban J connectivity index is 2.33. The third kappa shape index (κ3) is 3.17. The Labute approximate surface area is 121 Å². The summed E-state index contributed by atoms with van der Waals surface area (Å²) in [6, 6.07) is 10.8. The number of aryl methyl sites for hydroxylation is 3. The number of pyridine rings is 1. The third-order valence-electron chi connectivity index (χ3n) is 3.49. The zero-order valence-corrected chi connectivity index (χ0v) is 13.0. The minimum absolute atomic E-state index is 0.854. The minimum Gasteiger partial charge on any atom is -0.329 e. The van der Waals surface area contributed by atoms with Crippen molar-refractivity contribution in [1.29, 1.82) is 0 Å². The zero-order valence-electron chi connectivity index (χ0n) is 13.0. The predicted molar refractivity (Wildman–Crippen MR) is 85.7 cm³/mol. The van der Waals surface area contributed by atoms with E-state index in [1.54, 1.807) is 0 Å². The lowest BCUT2D eigenvalue weighted by Crippen LogP contribution is -2.14. The Kier molecular flexibility index (Phi) is 4.40. The fourth-order valence-corrected chi connectivity index (χ4v) is 2.42. The minimum atomic E-state index is 0.854. The maximum Gasteiger partial charge on any atom is 0.132 e. The van der Waals surface area contributed by atoms with Gasteiger partial charge in [-0.3, -0.25) is 0 Å². The highest BCUT2D eigenvalue weighted by Gasteiger charge is 2.08. The zero-order chi connectivity index (χ0) is 14.7. The average Bonchev–Trinajstić information content (AvgIpc) is 2.39. The topological polar surface area (TPSA) is 28.2 Å². The Morgan fingerprint density at radius 1 is 1.05 bits per heavy atom. The van der Waals surface area contributed by atoms with Gasteiger partial charge in [-0.05, 0) is 62.7 Å². The van der Waals surface area contributed by atoms with Crippen LogP contribution in [0.5, 0.6) is 0 Å². The van der Waals surface area contributed by atoms with Crippen molar-refractivity contribution in [3.05, 3.63) is 52.7 Å². The summed E-state index contributed by atoms with van der Waals surface area (Å²) in [6.45, 7) is 7.16. The van der Waals surface area contributed by atoms with E-state index in [1.165, 1.54) is 22.4 Å². The molecular weight excluding hydrogens is 246 g/mol. The molecule has 3 heteroatoms. The second kappa shape index (κ2) is 6.06. The van der Waals surface area contributed by atoms with E-state index >= 15 is 0 Å². The van der Waals surface area contributed by atoms with Crippen LogP contribution in [-0.4, -0.2) is 19.1 Å². The van der Waals surface area contributed by atoms with Gasteiger partial charge in [0.15, 0.2) is 0 Å². The van der Waals surface area contributed by atoms with E-state index in [0.717, 1.165) is 18.1 Å². The summed E-state index contributed by atoms with van der Waals surface area (Å²) in [4.78, 5) is 6.85. The number of aromatic nitrogens is 1. The van der Waals surface area contributed by atoms with Crippen LogP contribution in [0, 0.1) is 20.8 Å². The van der Waals surface area contributed by atoms with Crippen LogP contribution in [0.15, 0.2) is 30.3 Å². The number of rotatable bonds is 4. The van der Waals surface area contributed by atoms with Gasteiger partial charge >= 0.3 is 0 Å². The number of anilines is 2. The maximum atomic E-state index is 4.71. The van der Waals surface area contributed by atoms with Gasteiger partial charge in [-0.15, -0.1) is 0 Å². The first-order valence-electron chi connectivity index (χ1n) is 6.94. The predicted octanol–water partition coefficient (Wildman–Crippen LogP) is 3.49. The van der Waals surface area contributed by atoms with Crippen LogP contribution in [0.3, 0.4) is 0 Å². The van der Waals surface area contributed by atoms with Gasteiger partial charge in [0.2, 0.25) is 0 Å². The molecule has 0 bridgehead atoms. The van der Waals surface area contributed by atoms with Gasteiger partial charge in [0.05, 0.1) is 0 Å². The molecule has 2 aromatic rings. The molecule has 0 fully saturated rings. The molecule has 1 N–H and O–H groups in total. The van der Waals surface area contributed by atoms with Gasteiger partial charge in [0, 0.05) is 25.0 Å². The van der Waals surface area contributed by atoms with Gasteiger partial charge in [-0.1, -0.05) is 12.1 Å². The molecule has 0 saturated heterocycles. The Morgan fingerprint density at radius 3 is 2.25 bits per heavy atom. The summed E-state index contributed by atoms with van der Waals surface area (Å²) in [5, 5.41) is 3.17. The van der Waals surface area contributed by atoms with Gasteiger partial charge < -0.3 is 10.2 Å². The van der Waals surface area contributed by atoms with E-state index < -0.39 is 0 Å². The molecule has 0 atom stereocenters. The van der Waals surface area contributed by atoms with Crippen LogP contribution < -0.4 is 10.2 Å². The Hall–Kier alpha value is -1.87. The first kappa shape index (κ1) is 14.5. The summed E-state index contributed by atoms with van der Waals surface area (Å²) >= 11 is 0. The maximum absolute atomic E-state index is 4.71. The van der Waals surface area contributed by atoms with E-state index in [4.69, 9.17) is 4.98 Å². The Morgan fingerprint density at radius 2 is 1.70 bits per heavy atom. The van der Waals surface area contributed by atoms with Crippen molar-refractivity contribution in [2.75, 3.05) is 19.0 Å². The first-order valence-corrected chi connectivity index (χ1v) is 6.94. The lowest BCUT2D eigenvalue weighted by molar-refractivity contribution is 0.804. The second-order valence-corrected chi connectivity index (χ2v) is 5.35. The largest absolute Gasteiger partial charge is 0.329 e. The molecule has 2 rings (SSSR count). The van der Waals surface area contributed by atoms with Gasteiger partial charge in [-0.25, -0.2) is 4.98 Å².